The molecule has 0 bridgehead atoms. The van der Waals surface area contributed by atoms with E-state index < -0.39 is 15.6 Å². The lowest BCUT2D eigenvalue weighted by atomic mass is 9.96. The third-order valence-corrected chi connectivity index (χ3v) is 7.90. The number of nitrogens with zero attached hydrogens (tertiary/aromatic N) is 4. The molecule has 2 heterocycles. The van der Waals surface area contributed by atoms with E-state index in [1.807, 2.05) is 11.0 Å². The minimum Gasteiger partial charge on any atom is -0.323 e. The number of imide groups is 1. The zero-order valence-corrected chi connectivity index (χ0v) is 17.0. The Morgan fingerprint density at radius 3 is 2.31 bits per heavy atom. The van der Waals surface area contributed by atoms with E-state index in [4.69, 9.17) is 5.26 Å². The Labute approximate surface area is 169 Å². The molecule has 0 aromatic heterocycles. The summed E-state index contributed by atoms with van der Waals surface area (Å²) >= 11 is 0. The minimum atomic E-state index is -3.64. The summed E-state index contributed by atoms with van der Waals surface area (Å²) < 4.78 is 27.0. The third-order valence-electron chi connectivity index (χ3n) is 5.99. The molecule has 10 heteroatoms. The highest BCUT2D eigenvalue weighted by atomic mass is 32.2. The first-order valence-corrected chi connectivity index (χ1v) is 11.1. The second-order valence-corrected chi connectivity index (χ2v) is 9.88. The molecule has 0 spiro atoms. The van der Waals surface area contributed by atoms with Gasteiger partial charge in [0.15, 0.2) is 0 Å². The van der Waals surface area contributed by atoms with Crippen molar-refractivity contribution >= 4 is 22.0 Å². The summed E-state index contributed by atoms with van der Waals surface area (Å²) in [5.41, 5.74) is -0.404. The van der Waals surface area contributed by atoms with Crippen LogP contribution in [0.3, 0.4) is 0 Å². The van der Waals surface area contributed by atoms with Gasteiger partial charge in [0.05, 0.1) is 23.2 Å². The Balaban J connectivity index is 1.37. The number of rotatable bonds is 5. The molecule has 9 nitrogen and oxygen atoms in total. The van der Waals surface area contributed by atoms with Crippen LogP contribution in [0.5, 0.6) is 0 Å². The molecule has 1 aromatic carbocycles. The monoisotopic (exact) mass is 417 g/mol. The molecule has 2 saturated heterocycles. The van der Waals surface area contributed by atoms with E-state index in [0.717, 1.165) is 12.8 Å². The van der Waals surface area contributed by atoms with Crippen LogP contribution in [0.1, 0.15) is 25.3 Å². The predicted octanol–water partition coefficient (Wildman–Crippen LogP) is 0.543. The van der Waals surface area contributed by atoms with Crippen molar-refractivity contribution < 1.29 is 18.0 Å². The van der Waals surface area contributed by atoms with Gasteiger partial charge in [0.2, 0.25) is 10.0 Å². The first kappa shape index (κ1) is 19.8. The van der Waals surface area contributed by atoms with Crippen LogP contribution in [-0.2, 0) is 14.8 Å². The fourth-order valence-corrected chi connectivity index (χ4v) is 5.37. The Hall–Kier alpha value is -2.48. The number of sulfonamides is 1. The maximum absolute atomic E-state index is 12.8. The second kappa shape index (κ2) is 7.09. The number of hydrogen-bond acceptors (Lipinski definition) is 6. The van der Waals surface area contributed by atoms with E-state index in [-0.39, 0.29) is 42.5 Å². The van der Waals surface area contributed by atoms with Gasteiger partial charge >= 0.3 is 6.03 Å². The van der Waals surface area contributed by atoms with Crippen LogP contribution in [0.2, 0.25) is 0 Å². The van der Waals surface area contributed by atoms with Crippen molar-refractivity contribution in [2.24, 2.45) is 5.92 Å². The summed E-state index contributed by atoms with van der Waals surface area (Å²) in [4.78, 5) is 28.4. The maximum atomic E-state index is 12.8. The molecule has 3 amide bonds. The summed E-state index contributed by atoms with van der Waals surface area (Å²) in [6.45, 7) is 3.34. The number of carbonyl (C=O) groups is 2. The van der Waals surface area contributed by atoms with Gasteiger partial charge in [-0.25, -0.2) is 18.1 Å². The quantitative estimate of drug-likeness (QED) is 0.700. The van der Waals surface area contributed by atoms with Gasteiger partial charge in [-0.1, -0.05) is 0 Å². The normalized spacial score (nSPS) is 26.4. The lowest BCUT2D eigenvalue weighted by Crippen LogP contribution is -2.53. The van der Waals surface area contributed by atoms with Crippen molar-refractivity contribution in [1.29, 1.82) is 5.26 Å². The lowest BCUT2D eigenvalue weighted by molar-refractivity contribution is -0.133. The lowest BCUT2D eigenvalue weighted by Gasteiger charge is -2.35. The Kier molecular flexibility index (Phi) is 4.85. The zero-order chi connectivity index (χ0) is 20.8. The van der Waals surface area contributed by atoms with Crippen LogP contribution < -0.4 is 5.32 Å². The highest BCUT2D eigenvalue weighted by molar-refractivity contribution is 7.89. The highest BCUT2D eigenvalue weighted by Gasteiger charge is 2.56. The van der Waals surface area contributed by atoms with Crippen LogP contribution in [0.25, 0.3) is 0 Å². The largest absolute Gasteiger partial charge is 0.326 e. The molecule has 3 fully saturated rings. The van der Waals surface area contributed by atoms with Gasteiger partial charge in [-0.05, 0) is 49.9 Å². The van der Waals surface area contributed by atoms with Gasteiger partial charge in [-0.15, -0.1) is 0 Å². The third kappa shape index (κ3) is 3.50. The summed E-state index contributed by atoms with van der Waals surface area (Å²) in [5.74, 6) is 0.0102. The highest BCUT2D eigenvalue weighted by Crippen LogP contribution is 2.42. The van der Waals surface area contributed by atoms with Gasteiger partial charge in [-0.3, -0.25) is 9.69 Å². The van der Waals surface area contributed by atoms with Crippen molar-refractivity contribution in [2.45, 2.75) is 30.2 Å². The number of nitriles is 1. The average Bonchev–Trinajstić information content (AvgIpc) is 3.54. The van der Waals surface area contributed by atoms with Crippen molar-refractivity contribution in [2.75, 3.05) is 32.8 Å². The molecular weight excluding hydrogens is 394 g/mol. The SMILES string of the molecule is CC1(C2CC2)NC(=O)N(CN2CCN(S(=O)(=O)c3ccc(C#N)cc3)CC2)C1=O. The maximum Gasteiger partial charge on any atom is 0.326 e. The first-order chi connectivity index (χ1) is 13.8. The van der Waals surface area contributed by atoms with Crippen molar-refractivity contribution in [3.63, 3.8) is 0 Å². The number of piperazine rings is 1. The number of hydrogen-bond donors (Lipinski definition) is 1. The molecule has 1 aliphatic carbocycles. The minimum absolute atomic E-state index is 0.152. The van der Waals surface area contributed by atoms with E-state index in [1.54, 1.807) is 6.92 Å². The molecule has 1 atom stereocenters. The molecule has 1 unspecified atom stereocenters. The van der Waals surface area contributed by atoms with E-state index in [0.29, 0.717) is 18.7 Å². The number of urea groups is 1. The molecule has 154 valence electrons. The predicted molar refractivity (Wildman–Crippen MR) is 103 cm³/mol. The molecule has 1 aromatic rings. The molecule has 1 N–H and O–H groups in total. The topological polar surface area (TPSA) is 114 Å². The molecule has 2 aliphatic heterocycles. The molecule has 4 rings (SSSR count). The van der Waals surface area contributed by atoms with Crippen LogP contribution in [-0.4, -0.2) is 72.8 Å². The molecule has 29 heavy (non-hydrogen) atoms. The van der Waals surface area contributed by atoms with Gasteiger partial charge in [0, 0.05) is 26.2 Å². The molecule has 3 aliphatic rings. The van der Waals surface area contributed by atoms with Gasteiger partial charge in [-0.2, -0.15) is 9.57 Å². The summed E-state index contributed by atoms with van der Waals surface area (Å²) in [6.07, 6.45) is 1.89. The Morgan fingerprint density at radius 1 is 1.14 bits per heavy atom. The average molecular weight is 417 g/mol. The summed E-state index contributed by atoms with van der Waals surface area (Å²) in [5, 5.41) is 11.7. The zero-order valence-electron chi connectivity index (χ0n) is 16.2. The second-order valence-electron chi connectivity index (χ2n) is 7.94. The fraction of sp³-hybridized carbons (Fsp3) is 0.526. The van der Waals surface area contributed by atoms with E-state index in [2.05, 4.69) is 5.32 Å². The van der Waals surface area contributed by atoms with E-state index in [9.17, 15) is 18.0 Å². The Bertz CT molecular complexity index is 975. The number of benzene rings is 1. The molecule has 1 saturated carbocycles. The van der Waals surface area contributed by atoms with Crippen molar-refractivity contribution in [1.82, 2.24) is 19.4 Å². The number of amides is 3. The van der Waals surface area contributed by atoms with Crippen LogP contribution in [0.15, 0.2) is 29.2 Å². The van der Waals surface area contributed by atoms with Crippen LogP contribution >= 0.6 is 0 Å². The van der Waals surface area contributed by atoms with Gasteiger partial charge in [0.1, 0.15) is 5.54 Å². The van der Waals surface area contributed by atoms with Crippen LogP contribution in [0, 0.1) is 17.2 Å². The standard InChI is InChI=1S/C19H23N5O4S/c1-19(15-4-5-15)17(25)24(18(26)21-19)13-22-8-10-23(11-9-22)29(27,28)16-6-2-14(12-20)3-7-16/h2-3,6-7,15H,4-5,8-11,13H2,1H3,(H,21,26). The molecule has 0 radical (unpaired) electrons. The van der Waals surface area contributed by atoms with Gasteiger partial charge in [0.25, 0.3) is 5.91 Å². The van der Waals surface area contributed by atoms with Crippen molar-refractivity contribution in [3.8, 4) is 6.07 Å². The fourth-order valence-electron chi connectivity index (χ4n) is 3.94. The Morgan fingerprint density at radius 2 is 1.76 bits per heavy atom. The first-order valence-electron chi connectivity index (χ1n) is 9.62. The number of carbonyl (C=O) groups excluding carboxylic acids is 2. The molecular formula is C19H23N5O4S. The van der Waals surface area contributed by atoms with E-state index >= 15 is 0 Å². The number of nitrogens with one attached hydrogen (secondary N) is 1. The van der Waals surface area contributed by atoms with Gasteiger partial charge < -0.3 is 5.32 Å². The summed E-state index contributed by atoms with van der Waals surface area (Å²) in [6, 6.07) is 7.43. The summed E-state index contributed by atoms with van der Waals surface area (Å²) in [7, 11) is -3.64. The smallest absolute Gasteiger partial charge is 0.323 e. The van der Waals surface area contributed by atoms with E-state index in [1.165, 1.54) is 33.5 Å². The van der Waals surface area contributed by atoms with Crippen LogP contribution in [0.4, 0.5) is 4.79 Å². The van der Waals surface area contributed by atoms with Crippen molar-refractivity contribution in [3.05, 3.63) is 29.8 Å².